The molecule has 0 aromatic carbocycles. The van der Waals surface area contributed by atoms with Crippen molar-refractivity contribution in [1.82, 2.24) is 20.8 Å². The van der Waals surface area contributed by atoms with Crippen LogP contribution in [0.2, 0.25) is 0 Å². The Labute approximate surface area is 178 Å². The highest BCUT2D eigenvalue weighted by Crippen LogP contribution is 2.22. The van der Waals surface area contributed by atoms with Crippen LogP contribution < -0.4 is 15.4 Å². The van der Waals surface area contributed by atoms with Crippen LogP contribution in [0.25, 0.3) is 0 Å². The lowest BCUT2D eigenvalue weighted by atomic mass is 9.99. The van der Waals surface area contributed by atoms with E-state index in [9.17, 15) is 0 Å². The summed E-state index contributed by atoms with van der Waals surface area (Å²) < 4.78 is 11.0. The number of aromatic nitrogens is 2. The van der Waals surface area contributed by atoms with Crippen molar-refractivity contribution in [3.8, 4) is 5.75 Å². The number of aliphatic imine (C=N–C) groups is 1. The van der Waals surface area contributed by atoms with E-state index < -0.39 is 0 Å². The first-order chi connectivity index (χ1) is 12.8. The molecule has 0 aliphatic heterocycles. The van der Waals surface area contributed by atoms with Crippen molar-refractivity contribution < 1.29 is 9.26 Å². The second kappa shape index (κ2) is 13.3. The van der Waals surface area contributed by atoms with Crippen molar-refractivity contribution in [3.63, 3.8) is 0 Å². The minimum absolute atomic E-state index is 0. The van der Waals surface area contributed by atoms with Gasteiger partial charge in [0.05, 0.1) is 18.4 Å². The first-order valence-electron chi connectivity index (χ1n) is 9.27. The molecule has 8 heteroatoms. The van der Waals surface area contributed by atoms with Gasteiger partial charge in [-0.05, 0) is 31.9 Å². The summed E-state index contributed by atoms with van der Waals surface area (Å²) in [6.07, 6.45) is 5.54. The fourth-order valence-corrected chi connectivity index (χ4v) is 2.57. The van der Waals surface area contributed by atoms with E-state index in [4.69, 9.17) is 9.26 Å². The summed E-state index contributed by atoms with van der Waals surface area (Å²) in [6.45, 7) is 8.76. The zero-order chi connectivity index (χ0) is 18.6. The summed E-state index contributed by atoms with van der Waals surface area (Å²) in [5, 5.41) is 10.6. The number of pyridine rings is 1. The molecule has 7 nitrogen and oxygen atoms in total. The van der Waals surface area contributed by atoms with E-state index >= 15 is 0 Å². The SMILES string of the molecule is CCNC(=NCc1cc(C(CC)CC)no1)NCCOc1cccnc1.I. The van der Waals surface area contributed by atoms with Gasteiger partial charge in [0.25, 0.3) is 0 Å². The summed E-state index contributed by atoms with van der Waals surface area (Å²) in [5.41, 5.74) is 1.02. The minimum atomic E-state index is 0. The molecule has 2 rings (SSSR count). The minimum Gasteiger partial charge on any atom is -0.490 e. The number of ether oxygens (including phenoxy) is 1. The molecule has 0 bridgehead atoms. The molecule has 2 aromatic heterocycles. The normalized spacial score (nSPS) is 11.2. The number of nitrogens with zero attached hydrogens (tertiary/aromatic N) is 3. The molecule has 0 amide bonds. The topological polar surface area (TPSA) is 84.6 Å². The Morgan fingerprint density at radius 2 is 2.07 bits per heavy atom. The van der Waals surface area contributed by atoms with Crippen LogP contribution in [0.15, 0.2) is 40.1 Å². The lowest BCUT2D eigenvalue weighted by molar-refractivity contribution is 0.320. The van der Waals surface area contributed by atoms with Crippen LogP contribution in [-0.2, 0) is 6.54 Å². The van der Waals surface area contributed by atoms with Gasteiger partial charge < -0.3 is 19.9 Å². The lowest BCUT2D eigenvalue weighted by Crippen LogP contribution is -2.39. The molecule has 2 aromatic rings. The van der Waals surface area contributed by atoms with Gasteiger partial charge in [0, 0.05) is 24.7 Å². The fraction of sp³-hybridized carbons (Fsp3) is 0.526. The Morgan fingerprint density at radius 1 is 1.26 bits per heavy atom. The highest BCUT2D eigenvalue weighted by molar-refractivity contribution is 14.0. The molecule has 0 saturated heterocycles. The average Bonchev–Trinajstić information content (AvgIpc) is 3.14. The van der Waals surface area contributed by atoms with Crippen LogP contribution in [0.3, 0.4) is 0 Å². The van der Waals surface area contributed by atoms with Gasteiger partial charge in [0.1, 0.15) is 18.9 Å². The van der Waals surface area contributed by atoms with Gasteiger partial charge in [0.2, 0.25) is 0 Å². The van der Waals surface area contributed by atoms with Crippen molar-refractivity contribution in [3.05, 3.63) is 42.0 Å². The molecule has 2 N–H and O–H groups in total. The maximum absolute atomic E-state index is 5.62. The summed E-state index contributed by atoms with van der Waals surface area (Å²) in [7, 11) is 0. The van der Waals surface area contributed by atoms with Gasteiger partial charge in [-0.1, -0.05) is 19.0 Å². The third kappa shape index (κ3) is 8.15. The fourth-order valence-electron chi connectivity index (χ4n) is 2.57. The van der Waals surface area contributed by atoms with Gasteiger partial charge in [-0.2, -0.15) is 0 Å². The molecule has 0 aliphatic carbocycles. The van der Waals surface area contributed by atoms with Crippen LogP contribution in [0.1, 0.15) is 51.0 Å². The van der Waals surface area contributed by atoms with Crippen LogP contribution >= 0.6 is 24.0 Å². The number of halogens is 1. The monoisotopic (exact) mass is 487 g/mol. The Balaban J connectivity index is 0.00000364. The van der Waals surface area contributed by atoms with E-state index in [1.807, 2.05) is 25.1 Å². The molecular weight excluding hydrogens is 457 g/mol. The van der Waals surface area contributed by atoms with Crippen LogP contribution in [0, 0.1) is 0 Å². The quantitative estimate of drug-likeness (QED) is 0.230. The molecule has 0 fully saturated rings. The third-order valence-electron chi connectivity index (χ3n) is 4.02. The van der Waals surface area contributed by atoms with E-state index in [0.29, 0.717) is 25.6 Å². The predicted octanol–water partition coefficient (Wildman–Crippen LogP) is 3.73. The van der Waals surface area contributed by atoms with Gasteiger partial charge >= 0.3 is 0 Å². The largest absolute Gasteiger partial charge is 0.490 e. The Bertz CT molecular complexity index is 659. The number of rotatable bonds is 10. The first-order valence-corrected chi connectivity index (χ1v) is 9.27. The van der Waals surface area contributed by atoms with E-state index in [1.165, 1.54) is 0 Å². The smallest absolute Gasteiger partial charge is 0.191 e. The second-order valence-electron chi connectivity index (χ2n) is 5.89. The Hall–Kier alpha value is -1.84. The zero-order valence-corrected chi connectivity index (χ0v) is 18.6. The summed E-state index contributed by atoms with van der Waals surface area (Å²) in [4.78, 5) is 8.57. The molecule has 0 radical (unpaired) electrons. The van der Waals surface area contributed by atoms with Crippen molar-refractivity contribution in [2.45, 2.75) is 46.1 Å². The van der Waals surface area contributed by atoms with Crippen molar-refractivity contribution in [1.29, 1.82) is 0 Å². The van der Waals surface area contributed by atoms with Crippen molar-refractivity contribution >= 4 is 29.9 Å². The number of nitrogens with one attached hydrogen (secondary N) is 2. The van der Waals surface area contributed by atoms with Gasteiger partial charge in [-0.25, -0.2) is 4.99 Å². The van der Waals surface area contributed by atoms with Crippen LogP contribution in [-0.4, -0.2) is 35.8 Å². The van der Waals surface area contributed by atoms with E-state index in [2.05, 4.69) is 39.6 Å². The summed E-state index contributed by atoms with van der Waals surface area (Å²) in [5.74, 6) is 2.71. The van der Waals surface area contributed by atoms with E-state index in [0.717, 1.165) is 42.5 Å². The standard InChI is InChI=1S/C19H29N5O2.HI/c1-4-15(5-2)18-12-17(26-24-18)14-23-19(21-6-3)22-10-11-25-16-8-7-9-20-13-16;/h7-9,12-13,15H,4-6,10-11,14H2,1-3H3,(H2,21,22,23);1H. The lowest BCUT2D eigenvalue weighted by Gasteiger charge is -2.11. The maximum Gasteiger partial charge on any atom is 0.191 e. The number of guanidine groups is 1. The van der Waals surface area contributed by atoms with Crippen LogP contribution in [0.4, 0.5) is 0 Å². The maximum atomic E-state index is 5.62. The van der Waals surface area contributed by atoms with Gasteiger partial charge in [0.15, 0.2) is 11.7 Å². The van der Waals surface area contributed by atoms with Crippen molar-refractivity contribution in [2.24, 2.45) is 4.99 Å². The zero-order valence-electron chi connectivity index (χ0n) is 16.3. The molecule has 0 spiro atoms. The van der Waals surface area contributed by atoms with Gasteiger partial charge in [-0.15, -0.1) is 24.0 Å². The molecule has 0 atom stereocenters. The van der Waals surface area contributed by atoms with E-state index in [1.54, 1.807) is 12.4 Å². The molecular formula is C19H30IN5O2. The molecule has 150 valence electrons. The molecule has 0 aliphatic rings. The predicted molar refractivity (Wildman–Crippen MR) is 118 cm³/mol. The molecule has 2 heterocycles. The average molecular weight is 487 g/mol. The van der Waals surface area contributed by atoms with Gasteiger partial charge in [-0.3, -0.25) is 4.98 Å². The number of hydrogen-bond donors (Lipinski definition) is 2. The Kier molecular flexibility index (Phi) is 11.5. The van der Waals surface area contributed by atoms with Crippen LogP contribution in [0.5, 0.6) is 5.75 Å². The highest BCUT2D eigenvalue weighted by atomic mass is 127. The summed E-state index contributed by atoms with van der Waals surface area (Å²) in [6, 6.07) is 5.74. The third-order valence-corrected chi connectivity index (χ3v) is 4.02. The van der Waals surface area contributed by atoms with Crippen molar-refractivity contribution in [2.75, 3.05) is 19.7 Å². The first kappa shape index (κ1) is 23.2. The highest BCUT2D eigenvalue weighted by Gasteiger charge is 2.12. The summed E-state index contributed by atoms with van der Waals surface area (Å²) >= 11 is 0. The molecule has 27 heavy (non-hydrogen) atoms. The molecule has 0 unspecified atom stereocenters. The second-order valence-corrected chi connectivity index (χ2v) is 5.89. The Morgan fingerprint density at radius 3 is 2.74 bits per heavy atom. The molecule has 0 saturated carbocycles. The number of hydrogen-bond acceptors (Lipinski definition) is 5. The van der Waals surface area contributed by atoms with E-state index in [-0.39, 0.29) is 24.0 Å².